The van der Waals surface area contributed by atoms with Crippen LogP contribution in [0.2, 0.25) is 0 Å². The van der Waals surface area contributed by atoms with E-state index in [1.807, 2.05) is 13.8 Å². The van der Waals surface area contributed by atoms with Gasteiger partial charge in [-0.1, -0.05) is 20.3 Å². The van der Waals surface area contributed by atoms with Gasteiger partial charge < -0.3 is 15.1 Å². The summed E-state index contributed by atoms with van der Waals surface area (Å²) in [5.41, 5.74) is 0. The summed E-state index contributed by atoms with van der Waals surface area (Å²) in [5, 5.41) is 3.79. The number of hydrogen-bond acceptors (Lipinski definition) is 3. The summed E-state index contributed by atoms with van der Waals surface area (Å²) in [4.78, 5) is 16.9. The number of nitrogens with one attached hydrogen (secondary N) is 1. The van der Waals surface area contributed by atoms with Gasteiger partial charge in [0.05, 0.1) is 0 Å². The largest absolute Gasteiger partial charge is 0.342 e. The number of nitrogens with zero attached hydrogens (tertiary/aromatic N) is 2. The number of carbonyl (C=O) groups is 1. The minimum atomic E-state index is 0.143. The molecule has 3 aliphatic rings. The average molecular weight is 336 g/mol. The van der Waals surface area contributed by atoms with Crippen molar-refractivity contribution in [2.75, 3.05) is 39.3 Å². The van der Waals surface area contributed by atoms with E-state index >= 15 is 0 Å². The molecule has 138 valence electrons. The molecule has 3 fully saturated rings. The maximum absolute atomic E-state index is 12.1. The fourth-order valence-electron chi connectivity index (χ4n) is 5.01. The number of piperidine rings is 3. The molecule has 0 unspecified atom stereocenters. The third-order valence-corrected chi connectivity index (χ3v) is 6.49. The Morgan fingerprint density at radius 2 is 1.71 bits per heavy atom. The molecule has 0 aromatic carbocycles. The molecule has 0 saturated carbocycles. The SMILES string of the molecule is CC(C)C(=O)N1CCC(CNC[C@@H]2CCCN3CCCC[C@H]23)CC1. The predicted octanol–water partition coefficient (Wildman–Crippen LogP) is 2.74. The normalized spacial score (nSPS) is 29.7. The quantitative estimate of drug-likeness (QED) is 0.839. The molecule has 3 aliphatic heterocycles. The van der Waals surface area contributed by atoms with Crippen LogP contribution in [0.5, 0.6) is 0 Å². The van der Waals surface area contributed by atoms with E-state index < -0.39 is 0 Å². The molecule has 4 heteroatoms. The van der Waals surface area contributed by atoms with E-state index in [0.717, 1.165) is 37.5 Å². The Kier molecular flexibility index (Phi) is 6.56. The van der Waals surface area contributed by atoms with Crippen LogP contribution in [-0.4, -0.2) is 61.0 Å². The van der Waals surface area contributed by atoms with Crippen molar-refractivity contribution in [3.05, 3.63) is 0 Å². The van der Waals surface area contributed by atoms with E-state index in [0.29, 0.717) is 5.91 Å². The van der Waals surface area contributed by atoms with Crippen molar-refractivity contribution in [3.8, 4) is 0 Å². The summed E-state index contributed by atoms with van der Waals surface area (Å²) in [6.07, 6.45) is 9.40. The van der Waals surface area contributed by atoms with Gasteiger partial charge >= 0.3 is 0 Å². The van der Waals surface area contributed by atoms with E-state index in [1.54, 1.807) is 0 Å². The highest BCUT2D eigenvalue weighted by molar-refractivity contribution is 5.78. The van der Waals surface area contributed by atoms with Crippen molar-refractivity contribution >= 4 is 5.91 Å². The zero-order valence-electron chi connectivity index (χ0n) is 15.8. The van der Waals surface area contributed by atoms with Gasteiger partial charge in [-0.2, -0.15) is 0 Å². The molecule has 0 bridgehead atoms. The molecule has 1 amide bonds. The van der Waals surface area contributed by atoms with Gasteiger partial charge in [-0.15, -0.1) is 0 Å². The Hall–Kier alpha value is -0.610. The first-order valence-corrected chi connectivity index (χ1v) is 10.4. The standard InChI is InChI=1S/C20H37N3O/c1-16(2)20(24)23-12-8-17(9-13-23)14-21-15-18-6-5-11-22-10-4-3-7-19(18)22/h16-19,21H,3-15H2,1-2H3/t18-,19+/m0/s1. The molecule has 24 heavy (non-hydrogen) atoms. The first-order chi connectivity index (χ1) is 11.6. The second-order valence-electron chi connectivity index (χ2n) is 8.58. The second-order valence-corrected chi connectivity index (χ2v) is 8.58. The van der Waals surface area contributed by atoms with Crippen LogP contribution in [0, 0.1) is 17.8 Å². The van der Waals surface area contributed by atoms with E-state index in [9.17, 15) is 4.79 Å². The molecular formula is C20H37N3O. The van der Waals surface area contributed by atoms with E-state index in [4.69, 9.17) is 0 Å². The Morgan fingerprint density at radius 3 is 2.46 bits per heavy atom. The number of carbonyl (C=O) groups excluding carboxylic acids is 1. The second kappa shape index (κ2) is 8.66. The summed E-state index contributed by atoms with van der Waals surface area (Å²) in [6, 6.07) is 0.852. The Bertz CT molecular complexity index is 402. The van der Waals surface area contributed by atoms with Gasteiger partial charge in [-0.25, -0.2) is 0 Å². The zero-order valence-corrected chi connectivity index (χ0v) is 15.8. The van der Waals surface area contributed by atoms with Crippen molar-refractivity contribution in [1.29, 1.82) is 0 Å². The smallest absolute Gasteiger partial charge is 0.225 e. The maximum Gasteiger partial charge on any atom is 0.225 e. The van der Waals surface area contributed by atoms with Crippen molar-refractivity contribution in [3.63, 3.8) is 0 Å². The number of rotatable bonds is 5. The van der Waals surface area contributed by atoms with Gasteiger partial charge in [0.2, 0.25) is 5.91 Å². The highest BCUT2D eigenvalue weighted by Crippen LogP contribution is 2.30. The van der Waals surface area contributed by atoms with Gasteiger partial charge in [0.15, 0.2) is 0 Å². The monoisotopic (exact) mass is 335 g/mol. The van der Waals surface area contributed by atoms with Crippen molar-refractivity contribution in [1.82, 2.24) is 15.1 Å². The first kappa shape index (κ1) is 18.2. The van der Waals surface area contributed by atoms with Crippen LogP contribution in [-0.2, 0) is 4.79 Å². The highest BCUT2D eigenvalue weighted by Gasteiger charge is 2.32. The molecule has 2 atom stereocenters. The number of hydrogen-bond donors (Lipinski definition) is 1. The van der Waals surface area contributed by atoms with Crippen molar-refractivity contribution in [2.45, 2.75) is 64.8 Å². The lowest BCUT2D eigenvalue weighted by Gasteiger charge is -2.44. The number of amides is 1. The molecule has 1 N–H and O–H groups in total. The van der Waals surface area contributed by atoms with Crippen molar-refractivity contribution in [2.24, 2.45) is 17.8 Å². The third kappa shape index (κ3) is 4.51. The lowest BCUT2D eigenvalue weighted by Crippen LogP contribution is -2.51. The molecule has 3 rings (SSSR count). The van der Waals surface area contributed by atoms with Crippen LogP contribution in [0.1, 0.15) is 58.8 Å². The van der Waals surface area contributed by atoms with Crippen LogP contribution in [0.4, 0.5) is 0 Å². The number of fused-ring (bicyclic) bond motifs is 1. The predicted molar refractivity (Wildman–Crippen MR) is 98.9 cm³/mol. The van der Waals surface area contributed by atoms with Crippen LogP contribution in [0.3, 0.4) is 0 Å². The van der Waals surface area contributed by atoms with Crippen LogP contribution >= 0.6 is 0 Å². The van der Waals surface area contributed by atoms with Crippen LogP contribution in [0.15, 0.2) is 0 Å². The minimum absolute atomic E-state index is 0.143. The summed E-state index contributed by atoms with van der Waals surface area (Å²) in [6.45, 7) is 11.0. The first-order valence-electron chi connectivity index (χ1n) is 10.4. The highest BCUT2D eigenvalue weighted by atomic mass is 16.2. The summed E-state index contributed by atoms with van der Waals surface area (Å²) < 4.78 is 0. The molecule has 3 saturated heterocycles. The van der Waals surface area contributed by atoms with Crippen LogP contribution in [0.25, 0.3) is 0 Å². The molecule has 4 nitrogen and oxygen atoms in total. The summed E-state index contributed by atoms with van der Waals surface area (Å²) in [7, 11) is 0. The molecule has 0 aromatic rings. The number of likely N-dealkylation sites (tertiary alicyclic amines) is 1. The lowest BCUT2D eigenvalue weighted by atomic mass is 9.83. The Morgan fingerprint density at radius 1 is 0.958 bits per heavy atom. The molecule has 0 aromatic heterocycles. The van der Waals surface area contributed by atoms with E-state index in [-0.39, 0.29) is 5.92 Å². The maximum atomic E-state index is 12.1. The lowest BCUT2D eigenvalue weighted by molar-refractivity contribution is -0.135. The van der Waals surface area contributed by atoms with E-state index in [2.05, 4.69) is 15.1 Å². The van der Waals surface area contributed by atoms with Crippen LogP contribution < -0.4 is 5.32 Å². The topological polar surface area (TPSA) is 35.6 Å². The van der Waals surface area contributed by atoms with Gasteiger partial charge in [-0.3, -0.25) is 4.79 Å². The zero-order chi connectivity index (χ0) is 16.9. The van der Waals surface area contributed by atoms with Gasteiger partial charge in [0, 0.05) is 25.0 Å². The Labute approximate surface area is 148 Å². The van der Waals surface area contributed by atoms with Gasteiger partial charge in [0.1, 0.15) is 0 Å². The van der Waals surface area contributed by atoms with Gasteiger partial charge in [-0.05, 0) is 76.5 Å². The fourth-order valence-corrected chi connectivity index (χ4v) is 5.01. The third-order valence-electron chi connectivity index (χ3n) is 6.49. The summed E-state index contributed by atoms with van der Waals surface area (Å²) in [5.74, 6) is 2.10. The molecule has 3 heterocycles. The molecular weight excluding hydrogens is 298 g/mol. The minimum Gasteiger partial charge on any atom is -0.342 e. The molecule has 0 aliphatic carbocycles. The Balaban J connectivity index is 1.36. The van der Waals surface area contributed by atoms with Gasteiger partial charge in [0.25, 0.3) is 0 Å². The summed E-state index contributed by atoms with van der Waals surface area (Å²) >= 11 is 0. The van der Waals surface area contributed by atoms with E-state index in [1.165, 1.54) is 64.6 Å². The molecule has 0 spiro atoms. The average Bonchev–Trinajstić information content (AvgIpc) is 2.62. The molecule has 0 radical (unpaired) electrons. The fraction of sp³-hybridized carbons (Fsp3) is 0.950. The van der Waals surface area contributed by atoms with Crippen molar-refractivity contribution < 1.29 is 4.79 Å².